The second kappa shape index (κ2) is 6.86. The molecule has 0 aromatic heterocycles. The third-order valence-electron chi connectivity index (χ3n) is 3.14. The highest BCUT2D eigenvalue weighted by Crippen LogP contribution is 2.31. The number of benzene rings is 2. The van der Waals surface area contributed by atoms with Crippen molar-refractivity contribution in [1.29, 1.82) is 0 Å². The maximum Gasteiger partial charge on any atom is 0.137 e. The van der Waals surface area contributed by atoms with E-state index in [-0.39, 0.29) is 11.9 Å². The van der Waals surface area contributed by atoms with Crippen molar-refractivity contribution in [2.75, 3.05) is 13.7 Å². The van der Waals surface area contributed by atoms with Gasteiger partial charge in [0.05, 0.1) is 17.6 Å². The van der Waals surface area contributed by atoms with Crippen LogP contribution in [0, 0.1) is 5.82 Å². The monoisotopic (exact) mass is 337 g/mol. The Labute approximate surface area is 127 Å². The smallest absolute Gasteiger partial charge is 0.137 e. The average Bonchev–Trinajstić information content (AvgIpc) is 2.48. The summed E-state index contributed by atoms with van der Waals surface area (Å²) < 4.78 is 19.6. The van der Waals surface area contributed by atoms with Gasteiger partial charge in [-0.05, 0) is 46.2 Å². The van der Waals surface area contributed by atoms with E-state index in [1.165, 1.54) is 0 Å². The van der Waals surface area contributed by atoms with Gasteiger partial charge in [-0.2, -0.15) is 0 Å². The number of halogens is 2. The summed E-state index contributed by atoms with van der Waals surface area (Å²) in [5.41, 5.74) is 1.87. The Kier molecular flexibility index (Phi) is 5.15. The lowest BCUT2D eigenvalue weighted by molar-refractivity contribution is 0.404. The normalized spacial score (nSPS) is 12.2. The molecular weight excluding hydrogens is 321 g/mol. The lowest BCUT2D eigenvalue weighted by Crippen LogP contribution is -2.22. The summed E-state index contributed by atoms with van der Waals surface area (Å²) in [7, 11) is 1.64. The first kappa shape index (κ1) is 15.0. The molecule has 0 fully saturated rings. The summed E-state index contributed by atoms with van der Waals surface area (Å²) in [5, 5.41) is 3.37. The lowest BCUT2D eigenvalue weighted by Gasteiger charge is -2.21. The summed E-state index contributed by atoms with van der Waals surface area (Å²) in [6, 6.07) is 12.9. The summed E-state index contributed by atoms with van der Waals surface area (Å²) in [4.78, 5) is 0. The van der Waals surface area contributed by atoms with E-state index in [0.717, 1.165) is 23.4 Å². The SMILES string of the molecule is CCNC(c1ccc(Br)c(F)c1)c1ccccc1OC. The topological polar surface area (TPSA) is 21.3 Å². The Morgan fingerprint density at radius 3 is 2.65 bits per heavy atom. The van der Waals surface area contributed by atoms with E-state index in [9.17, 15) is 4.39 Å². The van der Waals surface area contributed by atoms with E-state index in [4.69, 9.17) is 4.74 Å². The minimum absolute atomic E-state index is 0.0984. The Bertz CT molecular complexity index is 588. The summed E-state index contributed by atoms with van der Waals surface area (Å²) in [6.07, 6.45) is 0. The van der Waals surface area contributed by atoms with Crippen molar-refractivity contribution in [2.45, 2.75) is 13.0 Å². The third kappa shape index (κ3) is 3.19. The molecule has 106 valence electrons. The highest BCUT2D eigenvalue weighted by molar-refractivity contribution is 9.10. The molecule has 2 aromatic carbocycles. The van der Waals surface area contributed by atoms with Crippen LogP contribution in [0.2, 0.25) is 0 Å². The molecule has 0 spiro atoms. The van der Waals surface area contributed by atoms with Crippen LogP contribution in [0.1, 0.15) is 24.1 Å². The van der Waals surface area contributed by atoms with Gasteiger partial charge in [0.15, 0.2) is 0 Å². The van der Waals surface area contributed by atoms with Gasteiger partial charge in [0.1, 0.15) is 11.6 Å². The number of methoxy groups -OCH3 is 1. The zero-order chi connectivity index (χ0) is 14.5. The largest absolute Gasteiger partial charge is 0.496 e. The molecule has 20 heavy (non-hydrogen) atoms. The zero-order valence-corrected chi connectivity index (χ0v) is 13.1. The predicted octanol–water partition coefficient (Wildman–Crippen LogP) is 4.30. The molecule has 1 N–H and O–H groups in total. The zero-order valence-electron chi connectivity index (χ0n) is 11.5. The Balaban J connectivity index is 2.47. The van der Waals surface area contributed by atoms with E-state index < -0.39 is 0 Å². The molecule has 0 aliphatic carbocycles. The maximum absolute atomic E-state index is 13.8. The van der Waals surface area contributed by atoms with Crippen molar-refractivity contribution >= 4 is 15.9 Å². The molecule has 2 aromatic rings. The van der Waals surface area contributed by atoms with E-state index in [1.807, 2.05) is 37.3 Å². The van der Waals surface area contributed by atoms with Crippen molar-refractivity contribution in [1.82, 2.24) is 5.32 Å². The highest BCUT2D eigenvalue weighted by Gasteiger charge is 2.18. The van der Waals surface area contributed by atoms with Gasteiger partial charge in [-0.3, -0.25) is 0 Å². The van der Waals surface area contributed by atoms with Crippen molar-refractivity contribution in [2.24, 2.45) is 0 Å². The van der Waals surface area contributed by atoms with Gasteiger partial charge in [0, 0.05) is 5.56 Å². The van der Waals surface area contributed by atoms with Gasteiger partial charge in [-0.1, -0.05) is 31.2 Å². The first-order valence-corrected chi connectivity index (χ1v) is 7.28. The minimum atomic E-state index is -0.264. The molecule has 0 saturated heterocycles. The second-order valence-electron chi connectivity index (χ2n) is 4.41. The van der Waals surface area contributed by atoms with Crippen LogP contribution in [-0.2, 0) is 0 Å². The molecule has 0 saturated carbocycles. The molecule has 0 aliphatic heterocycles. The molecule has 0 amide bonds. The van der Waals surface area contributed by atoms with Crippen molar-refractivity contribution in [3.63, 3.8) is 0 Å². The molecule has 4 heteroatoms. The van der Waals surface area contributed by atoms with Gasteiger partial charge in [-0.25, -0.2) is 4.39 Å². The summed E-state index contributed by atoms with van der Waals surface area (Å²) >= 11 is 3.18. The average molecular weight is 338 g/mol. The van der Waals surface area contributed by atoms with Crippen molar-refractivity contribution in [3.8, 4) is 5.75 Å². The molecule has 0 aliphatic rings. The van der Waals surface area contributed by atoms with Crippen LogP contribution >= 0.6 is 15.9 Å². The molecule has 0 heterocycles. The van der Waals surface area contributed by atoms with Crippen LogP contribution < -0.4 is 10.1 Å². The van der Waals surface area contributed by atoms with E-state index in [1.54, 1.807) is 19.2 Å². The molecular formula is C16H17BrFNO. The quantitative estimate of drug-likeness (QED) is 0.878. The fourth-order valence-electron chi connectivity index (χ4n) is 2.21. The van der Waals surface area contributed by atoms with E-state index in [0.29, 0.717) is 4.47 Å². The van der Waals surface area contributed by atoms with E-state index in [2.05, 4.69) is 21.2 Å². The first-order valence-electron chi connectivity index (χ1n) is 6.48. The van der Waals surface area contributed by atoms with Crippen LogP contribution in [0.15, 0.2) is 46.9 Å². The van der Waals surface area contributed by atoms with Crippen LogP contribution in [0.3, 0.4) is 0 Å². The highest BCUT2D eigenvalue weighted by atomic mass is 79.9. The molecule has 1 unspecified atom stereocenters. The molecule has 2 rings (SSSR count). The molecule has 0 radical (unpaired) electrons. The standard InChI is InChI=1S/C16H17BrFNO/c1-3-19-16(11-8-9-13(17)14(18)10-11)12-6-4-5-7-15(12)20-2/h4-10,16,19H,3H2,1-2H3. The number of nitrogens with one attached hydrogen (secondary N) is 1. The van der Waals surface area contributed by atoms with E-state index >= 15 is 0 Å². The van der Waals surface area contributed by atoms with Gasteiger partial charge in [-0.15, -0.1) is 0 Å². The number of para-hydroxylation sites is 1. The molecule has 1 atom stereocenters. The predicted molar refractivity (Wildman–Crippen MR) is 82.6 cm³/mol. The summed E-state index contributed by atoms with van der Waals surface area (Å²) in [5.74, 6) is 0.530. The number of hydrogen-bond donors (Lipinski definition) is 1. The lowest BCUT2D eigenvalue weighted by atomic mass is 9.97. The van der Waals surface area contributed by atoms with Crippen LogP contribution in [-0.4, -0.2) is 13.7 Å². The van der Waals surface area contributed by atoms with Crippen LogP contribution in [0.5, 0.6) is 5.75 Å². The number of rotatable bonds is 5. The third-order valence-corrected chi connectivity index (χ3v) is 3.78. The van der Waals surface area contributed by atoms with Gasteiger partial charge in [0.25, 0.3) is 0 Å². The first-order chi connectivity index (χ1) is 9.67. The van der Waals surface area contributed by atoms with Crippen LogP contribution in [0.4, 0.5) is 4.39 Å². The van der Waals surface area contributed by atoms with Crippen LogP contribution in [0.25, 0.3) is 0 Å². The number of ether oxygens (including phenoxy) is 1. The minimum Gasteiger partial charge on any atom is -0.496 e. The maximum atomic E-state index is 13.8. The Hall–Kier alpha value is -1.39. The summed E-state index contributed by atoms with van der Waals surface area (Å²) in [6.45, 7) is 2.80. The number of hydrogen-bond acceptors (Lipinski definition) is 2. The van der Waals surface area contributed by atoms with Gasteiger partial charge in [0.2, 0.25) is 0 Å². The molecule has 0 bridgehead atoms. The van der Waals surface area contributed by atoms with Gasteiger partial charge < -0.3 is 10.1 Å². The fraction of sp³-hybridized carbons (Fsp3) is 0.250. The Morgan fingerprint density at radius 2 is 2.00 bits per heavy atom. The van der Waals surface area contributed by atoms with Crippen molar-refractivity contribution in [3.05, 3.63) is 63.9 Å². The Morgan fingerprint density at radius 1 is 1.25 bits per heavy atom. The molecule has 2 nitrogen and oxygen atoms in total. The van der Waals surface area contributed by atoms with Gasteiger partial charge >= 0.3 is 0 Å². The fourth-order valence-corrected chi connectivity index (χ4v) is 2.45. The van der Waals surface area contributed by atoms with Crippen molar-refractivity contribution < 1.29 is 9.13 Å². The second-order valence-corrected chi connectivity index (χ2v) is 5.26.